The highest BCUT2D eigenvalue weighted by atomic mass is 31.2. The van der Waals surface area contributed by atoms with E-state index >= 15 is 8.78 Å². The number of nitrogens with zero attached hydrogens (tertiary/aromatic N) is 1. The minimum Gasteiger partial charge on any atom is -0.484 e. The molecule has 1 aliphatic heterocycles. The molecule has 0 N–H and O–H groups in total. The molecular formula is C29H29F2NOP2. The summed E-state index contributed by atoms with van der Waals surface area (Å²) in [6, 6.07) is 21.9. The Kier molecular flexibility index (Phi) is 7.17. The van der Waals surface area contributed by atoms with Gasteiger partial charge < -0.3 is 4.74 Å². The third kappa shape index (κ3) is 4.49. The zero-order chi connectivity index (χ0) is 24.4. The summed E-state index contributed by atoms with van der Waals surface area (Å²) in [6.07, 6.45) is 10.2. The first kappa shape index (κ1) is 24.3. The average Bonchev–Trinajstić information content (AvgIpc) is 2.87. The second-order valence-corrected chi connectivity index (χ2v) is 13.9. The monoisotopic (exact) mass is 507 g/mol. The predicted octanol–water partition coefficient (Wildman–Crippen LogP) is 6.78. The van der Waals surface area contributed by atoms with Gasteiger partial charge in [-0.2, -0.15) is 0 Å². The van der Waals surface area contributed by atoms with E-state index in [4.69, 9.17) is 4.74 Å². The molecule has 3 unspecified atom stereocenters. The standard InChI is InChI=1S/C29H29F2NOP2/c1-3-4-21-32(34(25-16-8-5-13-22(25)30)26-17-9-6-14-23(26)31)35-27-18-10-7-15-24(27)33-28-19-11-12-20-29(28,35)2/h5-20,28H,3-4,21H2,1-2H3. The van der Waals surface area contributed by atoms with Gasteiger partial charge in [-0.3, -0.25) is 0 Å². The van der Waals surface area contributed by atoms with Crippen LogP contribution in [0.1, 0.15) is 26.7 Å². The Balaban J connectivity index is 1.76. The fraction of sp³-hybridized carbons (Fsp3) is 0.241. The summed E-state index contributed by atoms with van der Waals surface area (Å²) in [5.74, 6) is 0.279. The number of benzene rings is 3. The van der Waals surface area contributed by atoms with Crippen molar-refractivity contribution in [2.45, 2.75) is 37.9 Å². The van der Waals surface area contributed by atoms with E-state index < -0.39 is 16.1 Å². The molecule has 180 valence electrons. The smallest absolute Gasteiger partial charge is 0.132 e. The van der Waals surface area contributed by atoms with Crippen molar-refractivity contribution in [1.82, 2.24) is 4.44 Å². The minimum atomic E-state index is -1.48. The number of unbranched alkanes of at least 4 members (excludes halogenated alkanes) is 1. The molecule has 6 heteroatoms. The van der Waals surface area contributed by atoms with Crippen LogP contribution in [0, 0.1) is 11.6 Å². The Morgan fingerprint density at radius 2 is 1.54 bits per heavy atom. The predicted molar refractivity (Wildman–Crippen MR) is 145 cm³/mol. The molecule has 0 saturated heterocycles. The van der Waals surface area contributed by atoms with Crippen molar-refractivity contribution in [3.05, 3.63) is 109 Å². The molecule has 3 aromatic rings. The van der Waals surface area contributed by atoms with Crippen molar-refractivity contribution in [3.63, 3.8) is 0 Å². The van der Waals surface area contributed by atoms with Crippen LogP contribution in [0.2, 0.25) is 0 Å². The van der Waals surface area contributed by atoms with Crippen LogP contribution in [0.3, 0.4) is 0 Å². The van der Waals surface area contributed by atoms with Crippen LogP contribution in [0.5, 0.6) is 5.75 Å². The van der Waals surface area contributed by atoms with E-state index in [9.17, 15) is 0 Å². The third-order valence-corrected chi connectivity index (χ3v) is 12.7. The van der Waals surface area contributed by atoms with Crippen LogP contribution in [-0.4, -0.2) is 22.2 Å². The highest BCUT2D eigenvalue weighted by molar-refractivity contribution is 7.82. The number of fused-ring (bicyclic) bond motifs is 2. The lowest BCUT2D eigenvalue weighted by atomic mass is 9.98. The zero-order valence-corrected chi connectivity index (χ0v) is 21.7. The molecule has 0 amide bonds. The van der Waals surface area contributed by atoms with Gasteiger partial charge in [0, 0.05) is 38.6 Å². The summed E-state index contributed by atoms with van der Waals surface area (Å²) in [7, 11) is -2.53. The topological polar surface area (TPSA) is 12.5 Å². The zero-order valence-electron chi connectivity index (χ0n) is 19.9. The molecule has 2 nitrogen and oxygen atoms in total. The normalized spacial score (nSPS) is 22.7. The lowest BCUT2D eigenvalue weighted by molar-refractivity contribution is 0.217. The highest BCUT2D eigenvalue weighted by Crippen LogP contribution is 2.66. The maximum absolute atomic E-state index is 15.5. The first-order valence-corrected chi connectivity index (χ1v) is 14.6. The fourth-order valence-corrected chi connectivity index (χ4v) is 11.8. The Morgan fingerprint density at radius 3 is 2.20 bits per heavy atom. The van der Waals surface area contributed by atoms with Gasteiger partial charge in [0.2, 0.25) is 0 Å². The molecule has 0 radical (unpaired) electrons. The van der Waals surface area contributed by atoms with E-state index in [1.54, 1.807) is 12.1 Å². The van der Waals surface area contributed by atoms with Gasteiger partial charge in [0.05, 0.1) is 5.16 Å². The second-order valence-electron chi connectivity index (χ2n) is 8.95. The molecule has 1 heterocycles. The van der Waals surface area contributed by atoms with E-state index in [2.05, 4.69) is 42.6 Å². The quantitative estimate of drug-likeness (QED) is 0.327. The third-order valence-electron chi connectivity index (χ3n) is 6.55. The van der Waals surface area contributed by atoms with E-state index in [1.807, 2.05) is 48.5 Å². The summed E-state index contributed by atoms with van der Waals surface area (Å²) in [5, 5.41) is 1.90. The fourth-order valence-electron chi connectivity index (χ4n) is 4.77. The lowest BCUT2D eigenvalue weighted by Gasteiger charge is -2.52. The summed E-state index contributed by atoms with van der Waals surface area (Å²) < 4.78 is 39.8. The minimum absolute atomic E-state index is 0.143. The van der Waals surface area contributed by atoms with E-state index in [0.717, 1.165) is 30.4 Å². The van der Waals surface area contributed by atoms with Gasteiger partial charge in [0.15, 0.2) is 0 Å². The summed E-state index contributed by atoms with van der Waals surface area (Å²) in [5.41, 5.74) is 0. The lowest BCUT2D eigenvalue weighted by Crippen LogP contribution is -2.50. The summed E-state index contributed by atoms with van der Waals surface area (Å²) in [4.78, 5) is 0. The number of rotatable bonds is 7. The van der Waals surface area contributed by atoms with Gasteiger partial charge in [0.1, 0.15) is 23.5 Å². The Morgan fingerprint density at radius 1 is 0.914 bits per heavy atom. The summed E-state index contributed by atoms with van der Waals surface area (Å²) >= 11 is 0. The number of allylic oxidation sites excluding steroid dienone is 2. The van der Waals surface area contributed by atoms with Gasteiger partial charge in [-0.15, -0.1) is 0 Å². The highest BCUT2D eigenvalue weighted by Gasteiger charge is 2.51. The first-order chi connectivity index (χ1) is 17.0. The molecule has 0 saturated carbocycles. The van der Waals surface area contributed by atoms with E-state index in [-0.39, 0.29) is 22.9 Å². The number of hydrogen-bond donors (Lipinski definition) is 0. The van der Waals surface area contributed by atoms with Crippen molar-refractivity contribution >= 4 is 32.1 Å². The van der Waals surface area contributed by atoms with Crippen LogP contribution in [0.25, 0.3) is 0 Å². The SMILES string of the molecule is CCCCN(P(c1ccccc1F)c1ccccc1F)P1c2ccccc2OC2C=CC=CC21C. The van der Waals surface area contributed by atoms with Crippen LogP contribution in [0.15, 0.2) is 97.1 Å². The number of para-hydroxylation sites is 1. The maximum Gasteiger partial charge on any atom is 0.132 e. The van der Waals surface area contributed by atoms with E-state index in [0.29, 0.717) is 10.6 Å². The van der Waals surface area contributed by atoms with Crippen molar-refractivity contribution in [3.8, 4) is 5.75 Å². The Bertz CT molecular complexity index is 1220. The second kappa shape index (κ2) is 10.3. The van der Waals surface area contributed by atoms with Crippen LogP contribution >= 0.6 is 16.1 Å². The van der Waals surface area contributed by atoms with Crippen LogP contribution in [0.4, 0.5) is 8.78 Å². The van der Waals surface area contributed by atoms with Gasteiger partial charge in [0.25, 0.3) is 0 Å². The number of ether oxygens (including phenoxy) is 1. The molecule has 3 atom stereocenters. The molecule has 35 heavy (non-hydrogen) atoms. The van der Waals surface area contributed by atoms with Crippen LogP contribution < -0.4 is 20.7 Å². The van der Waals surface area contributed by atoms with Crippen molar-refractivity contribution in [1.29, 1.82) is 0 Å². The number of halogens is 2. The Hall–Kier alpha value is -2.38. The van der Waals surface area contributed by atoms with E-state index in [1.165, 1.54) is 12.1 Å². The summed E-state index contributed by atoms with van der Waals surface area (Å²) in [6.45, 7) is 5.13. The molecule has 5 rings (SSSR count). The van der Waals surface area contributed by atoms with Gasteiger partial charge >= 0.3 is 0 Å². The molecular weight excluding hydrogens is 478 g/mol. The molecule has 3 aromatic carbocycles. The molecule has 2 aliphatic rings. The average molecular weight is 508 g/mol. The van der Waals surface area contributed by atoms with Crippen molar-refractivity contribution < 1.29 is 13.5 Å². The van der Waals surface area contributed by atoms with Gasteiger partial charge in [-0.25, -0.2) is 13.2 Å². The van der Waals surface area contributed by atoms with Crippen molar-refractivity contribution in [2.24, 2.45) is 0 Å². The number of hydrogen-bond acceptors (Lipinski definition) is 2. The molecule has 1 aliphatic carbocycles. The molecule has 0 spiro atoms. The Labute approximate surface area is 208 Å². The molecule has 0 fully saturated rings. The van der Waals surface area contributed by atoms with Crippen LogP contribution in [-0.2, 0) is 0 Å². The first-order valence-electron chi connectivity index (χ1n) is 12.0. The maximum atomic E-state index is 15.5. The van der Waals surface area contributed by atoms with Gasteiger partial charge in [-0.05, 0) is 55.8 Å². The van der Waals surface area contributed by atoms with Crippen molar-refractivity contribution in [2.75, 3.05) is 6.54 Å². The van der Waals surface area contributed by atoms with Gasteiger partial charge in [-0.1, -0.05) is 68.0 Å². The molecule has 0 aromatic heterocycles. The molecule has 0 bridgehead atoms. The largest absolute Gasteiger partial charge is 0.484 e.